The first-order valence-electron chi connectivity index (χ1n) is 7.99. The van der Waals surface area contributed by atoms with Gasteiger partial charge in [-0.15, -0.1) is 0 Å². The molecule has 23 heavy (non-hydrogen) atoms. The van der Waals surface area contributed by atoms with E-state index in [9.17, 15) is 4.79 Å². The van der Waals surface area contributed by atoms with Crippen LogP contribution < -0.4 is 10.1 Å². The van der Waals surface area contributed by atoms with E-state index in [0.29, 0.717) is 17.6 Å². The van der Waals surface area contributed by atoms with Crippen LogP contribution in [0.3, 0.4) is 0 Å². The van der Waals surface area contributed by atoms with Gasteiger partial charge < -0.3 is 9.26 Å². The van der Waals surface area contributed by atoms with Crippen molar-refractivity contribution in [2.45, 2.75) is 40.0 Å². The highest BCUT2D eigenvalue weighted by molar-refractivity contribution is 5.91. The van der Waals surface area contributed by atoms with Crippen LogP contribution in [0, 0.1) is 19.8 Å². The lowest BCUT2D eigenvalue weighted by molar-refractivity contribution is -0.118. The zero-order valence-electron chi connectivity index (χ0n) is 13.8. The number of hydrogen-bond donors (Lipinski definition) is 1. The van der Waals surface area contributed by atoms with E-state index in [2.05, 4.69) is 23.5 Å². The number of amides is 1. The fourth-order valence-corrected chi connectivity index (χ4v) is 3.01. The number of hydrogen-bond acceptors (Lipinski definition) is 4. The number of aromatic nitrogens is 1. The van der Waals surface area contributed by atoms with Crippen molar-refractivity contribution in [3.63, 3.8) is 0 Å². The third-order valence-corrected chi connectivity index (χ3v) is 4.11. The van der Waals surface area contributed by atoms with Gasteiger partial charge in [-0.2, -0.15) is 0 Å². The van der Waals surface area contributed by atoms with E-state index in [0.717, 1.165) is 41.6 Å². The van der Waals surface area contributed by atoms with Crippen LogP contribution in [-0.4, -0.2) is 17.7 Å². The Morgan fingerprint density at radius 3 is 2.83 bits per heavy atom. The predicted octanol–water partition coefficient (Wildman–Crippen LogP) is 3.43. The molecule has 0 saturated heterocycles. The van der Waals surface area contributed by atoms with Crippen molar-refractivity contribution in [3.05, 3.63) is 40.6 Å². The van der Waals surface area contributed by atoms with Gasteiger partial charge in [0.1, 0.15) is 5.75 Å². The maximum Gasteiger partial charge on any atom is 0.264 e. The number of anilines is 1. The molecule has 0 unspecified atom stereocenters. The number of nitrogens with zero attached hydrogens (tertiary/aromatic N) is 1. The normalized spacial score (nSPS) is 16.7. The molecule has 1 atom stereocenters. The van der Waals surface area contributed by atoms with Crippen LogP contribution in [-0.2, 0) is 17.6 Å². The third-order valence-electron chi connectivity index (χ3n) is 4.11. The maximum atomic E-state index is 12.1. The second kappa shape index (κ2) is 6.44. The van der Waals surface area contributed by atoms with Gasteiger partial charge in [-0.05, 0) is 62.3 Å². The average molecular weight is 314 g/mol. The molecule has 0 saturated carbocycles. The fraction of sp³-hybridized carbons (Fsp3) is 0.444. The summed E-state index contributed by atoms with van der Waals surface area (Å²) in [5, 5.41) is 6.83. The second-order valence-electron chi connectivity index (χ2n) is 6.45. The van der Waals surface area contributed by atoms with Crippen LogP contribution in [0.25, 0.3) is 0 Å². The molecular formula is C18H22N2O3. The second-order valence-corrected chi connectivity index (χ2v) is 6.45. The molecule has 2 aromatic rings. The Bertz CT molecular complexity index is 701. The Balaban J connectivity index is 1.61. The Kier molecular flexibility index (Phi) is 4.37. The molecule has 5 nitrogen and oxygen atoms in total. The van der Waals surface area contributed by atoms with Crippen molar-refractivity contribution in [1.82, 2.24) is 5.16 Å². The van der Waals surface area contributed by atoms with Crippen LogP contribution >= 0.6 is 0 Å². The lowest BCUT2D eigenvalue weighted by atomic mass is 9.89. The molecule has 1 N–H and O–H groups in total. The van der Waals surface area contributed by atoms with Gasteiger partial charge in [0.15, 0.2) is 6.61 Å². The van der Waals surface area contributed by atoms with Gasteiger partial charge in [-0.3, -0.25) is 10.1 Å². The number of carbonyl (C=O) groups is 1. The minimum atomic E-state index is -0.235. The Hall–Kier alpha value is -2.30. The van der Waals surface area contributed by atoms with E-state index >= 15 is 0 Å². The fourth-order valence-electron chi connectivity index (χ4n) is 3.01. The molecule has 1 amide bonds. The summed E-state index contributed by atoms with van der Waals surface area (Å²) in [6, 6.07) is 5.89. The number of rotatable bonds is 4. The van der Waals surface area contributed by atoms with Crippen LogP contribution in [0.2, 0.25) is 0 Å². The highest BCUT2D eigenvalue weighted by Gasteiger charge is 2.24. The van der Waals surface area contributed by atoms with Gasteiger partial charge >= 0.3 is 0 Å². The molecule has 1 aromatic heterocycles. The Morgan fingerprint density at radius 2 is 2.09 bits per heavy atom. The number of aryl methyl sites for hydroxylation is 3. The molecule has 0 radical (unpaired) electrons. The van der Waals surface area contributed by atoms with Crippen LogP contribution in [0.15, 0.2) is 22.7 Å². The number of fused-ring (bicyclic) bond motifs is 1. The van der Waals surface area contributed by atoms with Crippen LogP contribution in [0.1, 0.15) is 35.7 Å². The van der Waals surface area contributed by atoms with Crippen molar-refractivity contribution in [2.24, 2.45) is 5.92 Å². The molecule has 5 heteroatoms. The summed E-state index contributed by atoms with van der Waals surface area (Å²) in [4.78, 5) is 12.1. The molecule has 1 heterocycles. The molecule has 0 spiro atoms. The molecule has 0 fully saturated rings. The summed E-state index contributed by atoms with van der Waals surface area (Å²) in [7, 11) is 0. The molecule has 1 aliphatic carbocycles. The number of nitrogens with one attached hydrogen (secondary N) is 1. The molecule has 0 aliphatic heterocycles. The summed E-state index contributed by atoms with van der Waals surface area (Å²) in [5.74, 6) is 1.52. The largest absolute Gasteiger partial charge is 0.484 e. The molecule has 3 rings (SSSR count). The minimum Gasteiger partial charge on any atom is -0.484 e. The van der Waals surface area contributed by atoms with Gasteiger partial charge in [0, 0.05) is 5.56 Å². The number of carbonyl (C=O) groups excluding carboxylic acids is 1. The lowest BCUT2D eigenvalue weighted by Crippen LogP contribution is -2.21. The predicted molar refractivity (Wildman–Crippen MR) is 87.7 cm³/mol. The van der Waals surface area contributed by atoms with E-state index in [-0.39, 0.29) is 12.5 Å². The van der Waals surface area contributed by atoms with Crippen molar-refractivity contribution < 1.29 is 14.1 Å². The molecule has 1 aromatic carbocycles. The highest BCUT2D eigenvalue weighted by Crippen LogP contribution is 2.30. The van der Waals surface area contributed by atoms with E-state index < -0.39 is 0 Å². The van der Waals surface area contributed by atoms with Crippen molar-refractivity contribution in [2.75, 3.05) is 11.9 Å². The van der Waals surface area contributed by atoms with E-state index in [1.165, 1.54) is 0 Å². The van der Waals surface area contributed by atoms with Gasteiger partial charge in [0.25, 0.3) is 5.91 Å². The number of benzene rings is 1. The van der Waals surface area contributed by atoms with Gasteiger partial charge in [-0.1, -0.05) is 18.1 Å². The molecular weight excluding hydrogens is 292 g/mol. The zero-order valence-corrected chi connectivity index (χ0v) is 13.8. The topological polar surface area (TPSA) is 64.4 Å². The first-order chi connectivity index (χ1) is 11.0. The summed E-state index contributed by atoms with van der Waals surface area (Å²) in [5.41, 5.74) is 4.22. The van der Waals surface area contributed by atoms with Crippen LogP contribution in [0.4, 0.5) is 5.88 Å². The smallest absolute Gasteiger partial charge is 0.264 e. The summed E-state index contributed by atoms with van der Waals surface area (Å²) in [6.45, 7) is 6.16. The van der Waals surface area contributed by atoms with E-state index in [1.54, 1.807) is 0 Å². The molecule has 122 valence electrons. The average Bonchev–Trinajstić information content (AvgIpc) is 2.86. The van der Waals surface area contributed by atoms with Crippen molar-refractivity contribution >= 4 is 11.8 Å². The minimum absolute atomic E-state index is 0.0477. The van der Waals surface area contributed by atoms with E-state index in [1.807, 2.05) is 26.0 Å². The van der Waals surface area contributed by atoms with Gasteiger partial charge in [0.05, 0.1) is 5.69 Å². The van der Waals surface area contributed by atoms with Crippen LogP contribution in [0.5, 0.6) is 5.75 Å². The first-order valence-corrected chi connectivity index (χ1v) is 7.99. The summed E-state index contributed by atoms with van der Waals surface area (Å²) >= 11 is 0. The third kappa shape index (κ3) is 3.73. The lowest BCUT2D eigenvalue weighted by Gasteiger charge is -2.16. The summed E-state index contributed by atoms with van der Waals surface area (Å²) < 4.78 is 10.9. The van der Waals surface area contributed by atoms with Crippen molar-refractivity contribution in [3.8, 4) is 5.75 Å². The Labute approximate surface area is 136 Å². The SMILES string of the molecule is Cc1cc(C)cc(OCC(=O)Nc2onc3c2C[C@@H](C)CC3)c1. The van der Waals surface area contributed by atoms with Crippen molar-refractivity contribution in [1.29, 1.82) is 0 Å². The standard InChI is InChI=1S/C18H22N2O3/c1-11-4-5-16-15(9-11)18(23-20-16)19-17(21)10-22-14-7-12(2)6-13(3)8-14/h6-8,11H,4-5,9-10H2,1-3H3,(H,19,21)/t11-/m0/s1. The monoisotopic (exact) mass is 314 g/mol. The highest BCUT2D eigenvalue weighted by atomic mass is 16.5. The Morgan fingerprint density at radius 1 is 1.35 bits per heavy atom. The zero-order chi connectivity index (χ0) is 16.4. The maximum absolute atomic E-state index is 12.1. The number of ether oxygens (including phenoxy) is 1. The van der Waals surface area contributed by atoms with E-state index in [4.69, 9.17) is 9.26 Å². The first kappa shape index (κ1) is 15.6. The van der Waals surface area contributed by atoms with Gasteiger partial charge in [-0.25, -0.2) is 0 Å². The molecule has 1 aliphatic rings. The van der Waals surface area contributed by atoms with Gasteiger partial charge in [0.2, 0.25) is 5.88 Å². The summed E-state index contributed by atoms with van der Waals surface area (Å²) in [6.07, 6.45) is 2.92. The molecule has 0 bridgehead atoms. The quantitative estimate of drug-likeness (QED) is 0.939.